The summed E-state index contributed by atoms with van der Waals surface area (Å²) in [6.45, 7) is 1.07. The van der Waals surface area contributed by atoms with E-state index in [-0.39, 0.29) is 0 Å². The van der Waals surface area contributed by atoms with Crippen molar-refractivity contribution < 1.29 is 4.52 Å². The highest BCUT2D eigenvalue weighted by molar-refractivity contribution is 7.99. The first-order chi connectivity index (χ1) is 8.92. The van der Waals surface area contributed by atoms with Crippen LogP contribution in [-0.4, -0.2) is 28.2 Å². The van der Waals surface area contributed by atoms with E-state index in [9.17, 15) is 0 Å². The zero-order chi connectivity index (χ0) is 12.2. The third kappa shape index (κ3) is 3.06. The molecule has 1 aromatic heterocycles. The Morgan fingerprint density at radius 2 is 2.28 bits per heavy atom. The molecule has 0 spiro atoms. The van der Waals surface area contributed by atoms with Gasteiger partial charge in [-0.25, -0.2) is 0 Å². The average molecular weight is 267 g/mol. The van der Waals surface area contributed by atoms with Crippen LogP contribution in [0.15, 0.2) is 4.52 Å². The van der Waals surface area contributed by atoms with Crippen LogP contribution in [-0.2, 0) is 6.42 Å². The summed E-state index contributed by atoms with van der Waals surface area (Å²) in [4.78, 5) is 4.58. The Balaban J connectivity index is 1.58. The van der Waals surface area contributed by atoms with E-state index in [1.807, 2.05) is 0 Å². The highest BCUT2D eigenvalue weighted by Gasteiger charge is 2.22. The highest BCUT2D eigenvalue weighted by Crippen LogP contribution is 2.26. The molecule has 18 heavy (non-hydrogen) atoms. The number of rotatable bonds is 3. The molecule has 2 atom stereocenters. The van der Waals surface area contributed by atoms with Crippen LogP contribution in [0, 0.1) is 5.92 Å². The third-order valence-electron chi connectivity index (χ3n) is 3.82. The van der Waals surface area contributed by atoms with Crippen molar-refractivity contribution in [1.82, 2.24) is 15.5 Å². The number of nitrogens with one attached hydrogen (secondary N) is 1. The molecule has 0 bridgehead atoms. The summed E-state index contributed by atoms with van der Waals surface area (Å²) >= 11 is 2.06. The predicted octanol–water partition coefficient (Wildman–Crippen LogP) is 2.57. The summed E-state index contributed by atoms with van der Waals surface area (Å²) < 4.78 is 5.42. The average Bonchev–Trinajstić information content (AvgIpc) is 2.89. The minimum atomic E-state index is 0.292. The number of piperidine rings is 1. The van der Waals surface area contributed by atoms with Crippen molar-refractivity contribution in [2.24, 2.45) is 5.92 Å². The Kier molecular flexibility index (Phi) is 4.20. The van der Waals surface area contributed by atoms with Crippen molar-refractivity contribution in [3.05, 3.63) is 11.7 Å². The molecule has 5 heteroatoms. The monoisotopic (exact) mass is 267 g/mol. The fourth-order valence-electron chi connectivity index (χ4n) is 2.78. The van der Waals surface area contributed by atoms with Crippen LogP contribution in [0.1, 0.15) is 49.9 Å². The fourth-order valence-corrected chi connectivity index (χ4v) is 3.94. The van der Waals surface area contributed by atoms with Gasteiger partial charge in [-0.1, -0.05) is 11.6 Å². The first-order valence-corrected chi connectivity index (χ1v) is 8.21. The highest BCUT2D eigenvalue weighted by atomic mass is 32.2. The fraction of sp³-hybridized carbons (Fsp3) is 0.846. The van der Waals surface area contributed by atoms with E-state index < -0.39 is 0 Å². The van der Waals surface area contributed by atoms with Gasteiger partial charge in [0.05, 0.1) is 6.04 Å². The summed E-state index contributed by atoms with van der Waals surface area (Å²) in [6, 6.07) is 0.292. The molecule has 0 aromatic carbocycles. The molecule has 2 aliphatic heterocycles. The molecule has 0 amide bonds. The maximum absolute atomic E-state index is 5.42. The van der Waals surface area contributed by atoms with E-state index in [0.717, 1.165) is 37.0 Å². The number of hydrogen-bond acceptors (Lipinski definition) is 5. The van der Waals surface area contributed by atoms with Crippen molar-refractivity contribution in [3.63, 3.8) is 0 Å². The van der Waals surface area contributed by atoms with Crippen LogP contribution in [0.2, 0.25) is 0 Å². The lowest BCUT2D eigenvalue weighted by atomic mass is 10.0. The van der Waals surface area contributed by atoms with Crippen LogP contribution >= 0.6 is 11.8 Å². The Labute approximate surface area is 112 Å². The van der Waals surface area contributed by atoms with Gasteiger partial charge in [-0.3, -0.25) is 0 Å². The lowest BCUT2D eigenvalue weighted by Gasteiger charge is -2.20. The molecule has 4 nitrogen and oxygen atoms in total. The molecule has 1 N–H and O–H groups in total. The minimum absolute atomic E-state index is 0.292. The van der Waals surface area contributed by atoms with Gasteiger partial charge in [0, 0.05) is 6.42 Å². The summed E-state index contributed by atoms with van der Waals surface area (Å²) in [5, 5.41) is 7.60. The Bertz CT molecular complexity index is 370. The zero-order valence-electron chi connectivity index (χ0n) is 10.7. The van der Waals surface area contributed by atoms with Crippen molar-refractivity contribution >= 4 is 11.8 Å². The summed E-state index contributed by atoms with van der Waals surface area (Å²) in [7, 11) is 0. The second-order valence-electron chi connectivity index (χ2n) is 5.34. The molecule has 3 heterocycles. The zero-order valence-corrected chi connectivity index (χ0v) is 11.5. The first kappa shape index (κ1) is 12.5. The molecule has 100 valence electrons. The molecular formula is C13H21N3OS. The normalized spacial score (nSPS) is 29.3. The lowest BCUT2D eigenvalue weighted by molar-refractivity contribution is 0.295. The van der Waals surface area contributed by atoms with Gasteiger partial charge < -0.3 is 9.84 Å². The quantitative estimate of drug-likeness (QED) is 0.912. The smallest absolute Gasteiger partial charge is 0.243 e. The molecule has 1 aromatic rings. The molecular weight excluding hydrogens is 246 g/mol. The molecule has 0 aliphatic carbocycles. The van der Waals surface area contributed by atoms with Crippen LogP contribution in [0.3, 0.4) is 0 Å². The number of nitrogens with zero attached hydrogens (tertiary/aromatic N) is 2. The number of hydrogen-bond donors (Lipinski definition) is 1. The van der Waals surface area contributed by atoms with Crippen molar-refractivity contribution in [2.75, 3.05) is 18.1 Å². The SMILES string of the molecule is C1CCC(c2nc(CC3CCCSC3)no2)NC1. The van der Waals surface area contributed by atoms with E-state index in [1.54, 1.807) is 0 Å². The van der Waals surface area contributed by atoms with Crippen LogP contribution in [0.25, 0.3) is 0 Å². The first-order valence-electron chi connectivity index (χ1n) is 7.05. The van der Waals surface area contributed by atoms with Gasteiger partial charge in [-0.05, 0) is 49.7 Å². The topological polar surface area (TPSA) is 51.0 Å². The Morgan fingerprint density at radius 3 is 3.06 bits per heavy atom. The molecule has 0 saturated carbocycles. The largest absolute Gasteiger partial charge is 0.338 e. The van der Waals surface area contributed by atoms with Gasteiger partial charge in [-0.15, -0.1) is 0 Å². The minimum Gasteiger partial charge on any atom is -0.338 e. The van der Waals surface area contributed by atoms with E-state index >= 15 is 0 Å². The van der Waals surface area contributed by atoms with Gasteiger partial charge in [0.1, 0.15) is 0 Å². The molecule has 3 rings (SSSR count). The Hall–Kier alpha value is -0.550. The van der Waals surface area contributed by atoms with Crippen molar-refractivity contribution in [1.29, 1.82) is 0 Å². The van der Waals surface area contributed by atoms with Crippen LogP contribution < -0.4 is 5.32 Å². The molecule has 0 radical (unpaired) electrons. The summed E-state index contributed by atoms with van der Waals surface area (Å²) in [5.41, 5.74) is 0. The summed E-state index contributed by atoms with van der Waals surface area (Å²) in [6.07, 6.45) is 7.29. The molecule has 2 saturated heterocycles. The Morgan fingerprint density at radius 1 is 1.28 bits per heavy atom. The number of thioether (sulfide) groups is 1. The molecule has 2 unspecified atom stereocenters. The van der Waals surface area contributed by atoms with E-state index in [4.69, 9.17) is 4.52 Å². The van der Waals surface area contributed by atoms with E-state index in [2.05, 4.69) is 27.2 Å². The van der Waals surface area contributed by atoms with Gasteiger partial charge in [0.25, 0.3) is 0 Å². The molecule has 2 aliphatic rings. The maximum Gasteiger partial charge on any atom is 0.243 e. The van der Waals surface area contributed by atoms with Gasteiger partial charge in [-0.2, -0.15) is 16.7 Å². The lowest BCUT2D eigenvalue weighted by Crippen LogP contribution is -2.27. The second kappa shape index (κ2) is 6.06. The van der Waals surface area contributed by atoms with E-state index in [1.165, 1.54) is 37.2 Å². The van der Waals surface area contributed by atoms with Gasteiger partial charge in [0.15, 0.2) is 5.82 Å². The van der Waals surface area contributed by atoms with Gasteiger partial charge >= 0.3 is 0 Å². The third-order valence-corrected chi connectivity index (χ3v) is 5.10. The predicted molar refractivity (Wildman–Crippen MR) is 72.6 cm³/mol. The van der Waals surface area contributed by atoms with Crippen molar-refractivity contribution in [2.45, 2.75) is 44.6 Å². The second-order valence-corrected chi connectivity index (χ2v) is 6.49. The van der Waals surface area contributed by atoms with Crippen LogP contribution in [0.4, 0.5) is 0 Å². The van der Waals surface area contributed by atoms with Crippen LogP contribution in [0.5, 0.6) is 0 Å². The summed E-state index contributed by atoms with van der Waals surface area (Å²) in [5.74, 6) is 5.03. The number of aromatic nitrogens is 2. The van der Waals surface area contributed by atoms with Crippen molar-refractivity contribution in [3.8, 4) is 0 Å². The standard InChI is InChI=1S/C13H21N3OS/c1-2-6-14-11(5-1)13-15-12(16-17-13)8-10-4-3-7-18-9-10/h10-11,14H,1-9H2. The van der Waals surface area contributed by atoms with E-state index in [0.29, 0.717) is 6.04 Å². The van der Waals surface area contributed by atoms with Gasteiger partial charge in [0.2, 0.25) is 5.89 Å². The maximum atomic E-state index is 5.42. The molecule has 2 fully saturated rings.